The minimum atomic E-state index is -0.305. The quantitative estimate of drug-likeness (QED) is 0.172. The lowest BCUT2D eigenvalue weighted by Crippen LogP contribution is -2.37. The molecule has 190 valence electrons. The Labute approximate surface area is 224 Å². The van der Waals surface area contributed by atoms with Crippen LogP contribution in [-0.2, 0) is 18.3 Å². The predicted molar refractivity (Wildman–Crippen MR) is 159 cm³/mol. The maximum atomic E-state index is 2.45. The summed E-state index contributed by atoms with van der Waals surface area (Å²) in [5.41, 5.74) is 11.1. The van der Waals surface area contributed by atoms with E-state index in [-0.39, 0.29) is 5.41 Å². The van der Waals surface area contributed by atoms with E-state index in [4.69, 9.17) is 0 Å². The second kappa shape index (κ2) is 11.5. The molecule has 5 rings (SSSR count). The minimum absolute atomic E-state index is 0.305. The molecule has 0 spiro atoms. The molecular formula is C37H42. The van der Waals surface area contributed by atoms with E-state index in [0.29, 0.717) is 0 Å². The monoisotopic (exact) mass is 486 g/mol. The third-order valence-corrected chi connectivity index (χ3v) is 8.59. The molecule has 0 heteroatoms. The van der Waals surface area contributed by atoms with Gasteiger partial charge in [0.2, 0.25) is 0 Å². The van der Waals surface area contributed by atoms with Crippen LogP contribution in [-0.4, -0.2) is 0 Å². The Morgan fingerprint density at radius 3 is 1.89 bits per heavy atom. The molecule has 0 saturated heterocycles. The first-order chi connectivity index (χ1) is 18.1. The van der Waals surface area contributed by atoms with E-state index in [1.807, 2.05) is 0 Å². The lowest BCUT2D eigenvalue weighted by atomic mass is 9.58. The molecule has 0 radical (unpaired) electrons. The van der Waals surface area contributed by atoms with Crippen LogP contribution in [0.2, 0.25) is 0 Å². The Morgan fingerprint density at radius 2 is 1.24 bits per heavy atom. The van der Waals surface area contributed by atoms with E-state index in [2.05, 4.69) is 118 Å². The highest BCUT2D eigenvalue weighted by Gasteiger charge is 2.44. The fraction of sp³-hybridized carbons (Fsp3) is 0.351. The molecule has 0 nitrogen and oxygen atoms in total. The van der Waals surface area contributed by atoms with Gasteiger partial charge in [0.05, 0.1) is 5.41 Å². The van der Waals surface area contributed by atoms with Crippen molar-refractivity contribution in [3.63, 3.8) is 0 Å². The standard InChI is InChI=1S/C37H42/c1-4-5-6-7-14-28(2)21-24-30-15-8-11-18-34(30)37(33-25-22-29(3)23-26-33)35-19-12-9-16-31(35)27-32-17-10-13-20-36(32)37/h8-13,15-20,22-23,25-26,28H,4-7,14,21,24,27H2,1-3H3. The molecule has 0 heterocycles. The summed E-state index contributed by atoms with van der Waals surface area (Å²) in [6.45, 7) is 6.94. The van der Waals surface area contributed by atoms with Crippen molar-refractivity contribution in [1.82, 2.24) is 0 Å². The Morgan fingerprint density at radius 1 is 0.649 bits per heavy atom. The highest BCUT2D eigenvalue weighted by Crippen LogP contribution is 2.51. The first-order valence-electron chi connectivity index (χ1n) is 14.5. The molecule has 1 aliphatic carbocycles. The molecule has 1 aliphatic rings. The minimum Gasteiger partial charge on any atom is -0.0654 e. The molecular weight excluding hydrogens is 444 g/mol. The van der Waals surface area contributed by atoms with Crippen molar-refractivity contribution >= 4 is 0 Å². The van der Waals surface area contributed by atoms with Gasteiger partial charge >= 0.3 is 0 Å². The van der Waals surface area contributed by atoms with Gasteiger partial charge in [0.15, 0.2) is 0 Å². The van der Waals surface area contributed by atoms with Gasteiger partial charge in [0.1, 0.15) is 0 Å². The molecule has 0 bridgehead atoms. The van der Waals surface area contributed by atoms with Gasteiger partial charge in [0.25, 0.3) is 0 Å². The SMILES string of the molecule is CCCCCCC(C)CCc1ccccc1C1(c2ccc(C)cc2)c2ccccc2Cc2ccccc21. The molecule has 0 fully saturated rings. The summed E-state index contributed by atoms with van der Waals surface area (Å²) in [6, 6.07) is 37.0. The predicted octanol–water partition coefficient (Wildman–Crippen LogP) is 9.82. The number of hydrogen-bond acceptors (Lipinski definition) is 0. The third-order valence-electron chi connectivity index (χ3n) is 8.59. The molecule has 0 saturated carbocycles. The summed E-state index contributed by atoms with van der Waals surface area (Å²) in [5, 5.41) is 0. The molecule has 4 aromatic carbocycles. The van der Waals surface area contributed by atoms with Crippen LogP contribution >= 0.6 is 0 Å². The lowest BCUT2D eigenvalue weighted by molar-refractivity contribution is 0.459. The van der Waals surface area contributed by atoms with Gasteiger partial charge in [-0.3, -0.25) is 0 Å². The zero-order valence-corrected chi connectivity index (χ0v) is 23.0. The Balaban J connectivity index is 1.64. The number of hydrogen-bond donors (Lipinski definition) is 0. The van der Waals surface area contributed by atoms with Gasteiger partial charge in [-0.1, -0.05) is 149 Å². The van der Waals surface area contributed by atoms with Crippen LogP contribution in [0, 0.1) is 12.8 Å². The summed E-state index contributed by atoms with van der Waals surface area (Å²) >= 11 is 0. The van der Waals surface area contributed by atoms with E-state index in [1.165, 1.54) is 83.0 Å². The number of benzene rings is 4. The van der Waals surface area contributed by atoms with Crippen LogP contribution in [0.5, 0.6) is 0 Å². The van der Waals surface area contributed by atoms with Crippen molar-refractivity contribution in [1.29, 1.82) is 0 Å². The molecule has 1 unspecified atom stereocenters. The van der Waals surface area contributed by atoms with Gasteiger partial charge in [-0.05, 0) is 71.0 Å². The van der Waals surface area contributed by atoms with E-state index in [1.54, 1.807) is 0 Å². The summed E-state index contributed by atoms with van der Waals surface area (Å²) in [6.07, 6.45) is 10.1. The fourth-order valence-electron chi connectivity index (χ4n) is 6.56. The van der Waals surface area contributed by atoms with Crippen LogP contribution in [0.4, 0.5) is 0 Å². The second-order valence-electron chi connectivity index (χ2n) is 11.3. The van der Waals surface area contributed by atoms with E-state index in [0.717, 1.165) is 18.8 Å². The van der Waals surface area contributed by atoms with Gasteiger partial charge < -0.3 is 0 Å². The summed E-state index contributed by atoms with van der Waals surface area (Å²) in [5.74, 6) is 0.756. The van der Waals surface area contributed by atoms with Crippen LogP contribution in [0.1, 0.15) is 96.9 Å². The molecule has 0 amide bonds. The van der Waals surface area contributed by atoms with Crippen molar-refractivity contribution in [2.24, 2.45) is 5.92 Å². The van der Waals surface area contributed by atoms with Gasteiger partial charge in [-0.15, -0.1) is 0 Å². The second-order valence-corrected chi connectivity index (χ2v) is 11.3. The maximum absolute atomic E-state index is 2.45. The van der Waals surface area contributed by atoms with Crippen LogP contribution in [0.25, 0.3) is 0 Å². The van der Waals surface area contributed by atoms with Crippen LogP contribution in [0.3, 0.4) is 0 Å². The largest absolute Gasteiger partial charge is 0.0709 e. The average Bonchev–Trinajstić information content (AvgIpc) is 2.94. The normalized spacial score (nSPS) is 14.6. The molecule has 0 aliphatic heterocycles. The van der Waals surface area contributed by atoms with Gasteiger partial charge in [0, 0.05) is 0 Å². The average molecular weight is 487 g/mol. The first-order valence-corrected chi connectivity index (χ1v) is 14.5. The summed E-state index contributed by atoms with van der Waals surface area (Å²) in [4.78, 5) is 0. The molecule has 0 aromatic heterocycles. The van der Waals surface area contributed by atoms with Crippen molar-refractivity contribution in [2.45, 2.75) is 77.6 Å². The van der Waals surface area contributed by atoms with Crippen molar-refractivity contribution < 1.29 is 0 Å². The van der Waals surface area contributed by atoms with Gasteiger partial charge in [-0.2, -0.15) is 0 Å². The number of fused-ring (bicyclic) bond motifs is 2. The maximum Gasteiger partial charge on any atom is 0.0709 e. The topological polar surface area (TPSA) is 0 Å². The zero-order valence-electron chi connectivity index (χ0n) is 23.0. The fourth-order valence-corrected chi connectivity index (χ4v) is 6.56. The molecule has 37 heavy (non-hydrogen) atoms. The molecule has 4 aromatic rings. The van der Waals surface area contributed by atoms with E-state index >= 15 is 0 Å². The molecule has 1 atom stereocenters. The molecule has 0 N–H and O–H groups in total. The highest BCUT2D eigenvalue weighted by atomic mass is 14.5. The van der Waals surface area contributed by atoms with Crippen LogP contribution in [0.15, 0.2) is 97.1 Å². The summed E-state index contributed by atoms with van der Waals surface area (Å²) < 4.78 is 0. The Bertz CT molecular complexity index is 1260. The first kappa shape index (κ1) is 25.5. The van der Waals surface area contributed by atoms with E-state index < -0.39 is 0 Å². The van der Waals surface area contributed by atoms with Crippen molar-refractivity contribution in [2.75, 3.05) is 0 Å². The smallest absolute Gasteiger partial charge is 0.0654 e. The Hall–Kier alpha value is -3.12. The van der Waals surface area contributed by atoms with Gasteiger partial charge in [-0.25, -0.2) is 0 Å². The van der Waals surface area contributed by atoms with Crippen molar-refractivity contribution in [3.05, 3.63) is 142 Å². The van der Waals surface area contributed by atoms with Crippen molar-refractivity contribution in [3.8, 4) is 0 Å². The summed E-state index contributed by atoms with van der Waals surface area (Å²) in [7, 11) is 0. The number of rotatable bonds is 10. The third kappa shape index (κ3) is 5.04. The van der Waals surface area contributed by atoms with Crippen LogP contribution < -0.4 is 0 Å². The zero-order chi connectivity index (χ0) is 25.7. The highest BCUT2D eigenvalue weighted by molar-refractivity contribution is 5.67. The lowest BCUT2D eigenvalue weighted by Gasteiger charge is -2.43. The van der Waals surface area contributed by atoms with E-state index in [9.17, 15) is 0 Å². The number of aryl methyl sites for hydroxylation is 2. The Kier molecular flexibility index (Phi) is 7.94. The number of unbranched alkanes of at least 4 members (excludes halogenated alkanes) is 3.